The zero-order chi connectivity index (χ0) is 18.6. The molecule has 1 N–H and O–H groups in total. The molecule has 2 aromatic carbocycles. The number of hydrogen-bond acceptors (Lipinski definition) is 3. The number of fused-ring (bicyclic) bond motifs is 1. The van der Waals surface area contributed by atoms with E-state index in [1.54, 1.807) is 0 Å². The summed E-state index contributed by atoms with van der Waals surface area (Å²) >= 11 is 6.55. The molecular weight excluding hydrogens is 356 g/mol. The molecule has 0 amide bonds. The molecule has 0 aliphatic carbocycles. The monoisotopic (exact) mass is 380 g/mol. The van der Waals surface area contributed by atoms with Gasteiger partial charge in [-0.1, -0.05) is 60.8 Å². The van der Waals surface area contributed by atoms with Crippen LogP contribution in [0.15, 0.2) is 54.6 Å². The highest BCUT2D eigenvalue weighted by Gasteiger charge is 2.17. The molecular formula is C23H25ClN2O. The molecule has 1 saturated heterocycles. The maximum Gasteiger partial charge on any atom is 0.0917 e. The Hall–Kier alpha value is -1.94. The second-order valence-corrected chi connectivity index (χ2v) is 7.77. The number of likely N-dealkylation sites (tertiary alicyclic amines) is 1. The van der Waals surface area contributed by atoms with Gasteiger partial charge in [0.05, 0.1) is 22.3 Å². The van der Waals surface area contributed by atoms with Gasteiger partial charge in [0.1, 0.15) is 0 Å². The zero-order valence-corrected chi connectivity index (χ0v) is 16.2. The van der Waals surface area contributed by atoms with E-state index in [2.05, 4.69) is 4.90 Å². The van der Waals surface area contributed by atoms with Crippen molar-refractivity contribution in [3.8, 4) is 11.3 Å². The number of benzene rings is 2. The first-order valence-electron chi connectivity index (χ1n) is 9.77. The van der Waals surface area contributed by atoms with Crippen molar-refractivity contribution in [2.45, 2.75) is 31.8 Å². The van der Waals surface area contributed by atoms with E-state index in [0.29, 0.717) is 11.6 Å². The van der Waals surface area contributed by atoms with Gasteiger partial charge in [0.2, 0.25) is 0 Å². The van der Waals surface area contributed by atoms with Gasteiger partial charge in [0.15, 0.2) is 0 Å². The number of pyridine rings is 1. The number of rotatable bonds is 4. The van der Waals surface area contributed by atoms with Crippen LogP contribution in [-0.4, -0.2) is 34.6 Å². The molecule has 140 valence electrons. The van der Waals surface area contributed by atoms with E-state index >= 15 is 0 Å². The smallest absolute Gasteiger partial charge is 0.0917 e. The second-order valence-electron chi connectivity index (χ2n) is 7.37. The van der Waals surface area contributed by atoms with Gasteiger partial charge in [-0.3, -0.25) is 0 Å². The quantitative estimate of drug-likeness (QED) is 0.652. The van der Waals surface area contributed by atoms with Crippen LogP contribution >= 0.6 is 11.6 Å². The van der Waals surface area contributed by atoms with Gasteiger partial charge in [-0.15, -0.1) is 0 Å². The molecule has 1 aliphatic heterocycles. The summed E-state index contributed by atoms with van der Waals surface area (Å²) in [4.78, 5) is 7.12. The molecule has 3 aromatic rings. The summed E-state index contributed by atoms with van der Waals surface area (Å²) < 4.78 is 0. The molecule has 2 heterocycles. The molecule has 4 heteroatoms. The number of aliphatic hydroxyl groups is 1. The third-order valence-corrected chi connectivity index (χ3v) is 5.64. The summed E-state index contributed by atoms with van der Waals surface area (Å²) in [5.41, 5.74) is 3.62. The lowest BCUT2D eigenvalue weighted by Gasteiger charge is -2.23. The van der Waals surface area contributed by atoms with Gasteiger partial charge in [-0.25, -0.2) is 4.98 Å². The topological polar surface area (TPSA) is 36.4 Å². The van der Waals surface area contributed by atoms with E-state index < -0.39 is 6.10 Å². The third-order valence-electron chi connectivity index (χ3n) is 5.35. The minimum Gasteiger partial charge on any atom is -0.387 e. The lowest BCUT2D eigenvalue weighted by atomic mass is 10.0. The summed E-state index contributed by atoms with van der Waals surface area (Å²) in [6.07, 6.45) is 4.50. The number of β-amino-alcohol motifs (C(OH)–C–C–N with tert-alkyl or cyclic N) is 1. The van der Waals surface area contributed by atoms with Gasteiger partial charge in [0.25, 0.3) is 0 Å². The summed E-state index contributed by atoms with van der Waals surface area (Å²) in [7, 11) is 0. The van der Waals surface area contributed by atoms with E-state index in [9.17, 15) is 5.11 Å². The highest BCUT2D eigenvalue weighted by molar-refractivity contribution is 6.35. The van der Waals surface area contributed by atoms with Crippen molar-refractivity contribution >= 4 is 22.5 Å². The number of halogens is 1. The first-order chi connectivity index (χ1) is 13.2. The lowest BCUT2D eigenvalue weighted by molar-refractivity contribution is 0.115. The number of hydrogen-bond donors (Lipinski definition) is 1. The number of aliphatic hydroxyl groups excluding tert-OH is 1. The van der Waals surface area contributed by atoms with Crippen LogP contribution in [0.1, 0.15) is 37.4 Å². The van der Waals surface area contributed by atoms with Crippen LogP contribution in [0.3, 0.4) is 0 Å². The fourth-order valence-electron chi connectivity index (χ4n) is 3.84. The molecule has 4 rings (SSSR count). The normalized spacial score (nSPS) is 17.0. The van der Waals surface area contributed by atoms with Crippen LogP contribution in [0.25, 0.3) is 22.2 Å². The Morgan fingerprint density at radius 1 is 0.963 bits per heavy atom. The highest BCUT2D eigenvalue weighted by atomic mass is 35.5. The van der Waals surface area contributed by atoms with Crippen molar-refractivity contribution in [3.63, 3.8) is 0 Å². The number of aromatic nitrogens is 1. The maximum atomic E-state index is 10.8. The molecule has 0 saturated carbocycles. The summed E-state index contributed by atoms with van der Waals surface area (Å²) in [6.45, 7) is 2.80. The predicted molar refractivity (Wildman–Crippen MR) is 112 cm³/mol. The largest absolute Gasteiger partial charge is 0.387 e. The van der Waals surface area contributed by atoms with Crippen LogP contribution < -0.4 is 0 Å². The van der Waals surface area contributed by atoms with Crippen molar-refractivity contribution in [3.05, 3.63) is 65.2 Å². The molecule has 1 atom stereocenters. The van der Waals surface area contributed by atoms with Crippen LogP contribution in [-0.2, 0) is 0 Å². The van der Waals surface area contributed by atoms with Crippen molar-refractivity contribution in [2.75, 3.05) is 19.6 Å². The molecule has 0 radical (unpaired) electrons. The van der Waals surface area contributed by atoms with Crippen LogP contribution in [0.4, 0.5) is 0 Å². The summed E-state index contributed by atoms with van der Waals surface area (Å²) in [5.74, 6) is 0. The Morgan fingerprint density at radius 2 is 1.70 bits per heavy atom. The van der Waals surface area contributed by atoms with Crippen molar-refractivity contribution < 1.29 is 5.11 Å². The van der Waals surface area contributed by atoms with Gasteiger partial charge in [0, 0.05) is 17.5 Å². The van der Waals surface area contributed by atoms with Gasteiger partial charge >= 0.3 is 0 Å². The van der Waals surface area contributed by atoms with Crippen LogP contribution in [0.5, 0.6) is 0 Å². The highest BCUT2D eigenvalue weighted by Crippen LogP contribution is 2.30. The lowest BCUT2D eigenvalue weighted by Crippen LogP contribution is -2.29. The summed E-state index contributed by atoms with van der Waals surface area (Å²) in [5, 5.41) is 12.3. The Balaban J connectivity index is 1.59. The van der Waals surface area contributed by atoms with Gasteiger partial charge < -0.3 is 10.0 Å². The third kappa shape index (κ3) is 4.32. The minimum absolute atomic E-state index is 0.529. The van der Waals surface area contributed by atoms with Crippen LogP contribution in [0.2, 0.25) is 5.02 Å². The number of nitrogens with zero attached hydrogens (tertiary/aromatic N) is 2. The van der Waals surface area contributed by atoms with Gasteiger partial charge in [-0.2, -0.15) is 0 Å². The Labute approximate surface area is 165 Å². The van der Waals surface area contributed by atoms with E-state index in [0.717, 1.165) is 40.8 Å². The molecule has 0 bridgehead atoms. The first-order valence-corrected chi connectivity index (χ1v) is 10.1. The average molecular weight is 381 g/mol. The first kappa shape index (κ1) is 18.4. The molecule has 3 nitrogen and oxygen atoms in total. The SMILES string of the molecule is OC(CN1CCCCCC1)c1cc(Cl)c2nc(-c3ccccc3)ccc2c1. The second kappa shape index (κ2) is 8.39. The molecule has 1 fully saturated rings. The van der Waals surface area contributed by atoms with E-state index in [-0.39, 0.29) is 0 Å². The fraction of sp³-hybridized carbons (Fsp3) is 0.348. The molecule has 1 unspecified atom stereocenters. The Bertz CT molecular complexity index is 905. The minimum atomic E-state index is -0.529. The van der Waals surface area contributed by atoms with Crippen molar-refractivity contribution in [1.82, 2.24) is 9.88 Å². The average Bonchev–Trinajstić information content (AvgIpc) is 2.97. The van der Waals surface area contributed by atoms with E-state index in [1.807, 2.05) is 54.6 Å². The van der Waals surface area contributed by atoms with Crippen molar-refractivity contribution in [1.29, 1.82) is 0 Å². The zero-order valence-electron chi connectivity index (χ0n) is 15.4. The molecule has 0 spiro atoms. The van der Waals surface area contributed by atoms with Crippen LogP contribution in [0, 0.1) is 0 Å². The molecule has 1 aromatic heterocycles. The molecule has 1 aliphatic rings. The maximum absolute atomic E-state index is 10.8. The van der Waals surface area contributed by atoms with Crippen molar-refractivity contribution in [2.24, 2.45) is 0 Å². The van der Waals surface area contributed by atoms with E-state index in [4.69, 9.17) is 16.6 Å². The Morgan fingerprint density at radius 3 is 2.44 bits per heavy atom. The van der Waals surface area contributed by atoms with Gasteiger partial charge in [-0.05, 0) is 49.7 Å². The molecule has 27 heavy (non-hydrogen) atoms. The fourth-order valence-corrected chi connectivity index (χ4v) is 4.12. The Kier molecular flexibility index (Phi) is 5.72. The standard InChI is InChI=1S/C23H25ClN2O/c24-20-15-19(22(27)16-26-12-6-1-2-7-13-26)14-18-10-11-21(25-23(18)20)17-8-4-3-5-9-17/h3-5,8-11,14-15,22,27H,1-2,6-7,12-13,16H2. The summed E-state index contributed by atoms with van der Waals surface area (Å²) in [6, 6.07) is 18.0. The van der Waals surface area contributed by atoms with E-state index in [1.165, 1.54) is 25.7 Å². The predicted octanol–water partition coefficient (Wildman–Crippen LogP) is 5.46.